The van der Waals surface area contributed by atoms with E-state index in [9.17, 15) is 13.2 Å². The third-order valence-corrected chi connectivity index (χ3v) is 8.28. The molecule has 2 aromatic rings. The highest BCUT2D eigenvalue weighted by Gasteiger charge is 2.31. The molecule has 33 heavy (non-hydrogen) atoms. The predicted octanol–water partition coefficient (Wildman–Crippen LogP) is 2.93. The second-order valence-corrected chi connectivity index (χ2v) is 10.5. The molecule has 2 aromatic carbocycles. The van der Waals surface area contributed by atoms with Crippen LogP contribution in [0.15, 0.2) is 47.4 Å². The van der Waals surface area contributed by atoms with Gasteiger partial charge in [-0.05, 0) is 62.1 Å². The quantitative estimate of drug-likeness (QED) is 0.665. The van der Waals surface area contributed by atoms with Gasteiger partial charge >= 0.3 is 0 Å². The van der Waals surface area contributed by atoms with E-state index in [1.165, 1.54) is 29.3 Å². The summed E-state index contributed by atoms with van der Waals surface area (Å²) in [5, 5.41) is 0. The molecule has 1 amide bonds. The van der Waals surface area contributed by atoms with Crippen molar-refractivity contribution in [3.05, 3.63) is 48.0 Å². The molecule has 1 saturated heterocycles. The van der Waals surface area contributed by atoms with Gasteiger partial charge in [0, 0.05) is 37.8 Å². The number of nitrogens with zero attached hydrogens (tertiary/aromatic N) is 2. The van der Waals surface area contributed by atoms with Gasteiger partial charge in [0.2, 0.25) is 10.0 Å². The average molecular weight is 473 g/mol. The van der Waals surface area contributed by atoms with Crippen molar-refractivity contribution in [3.63, 3.8) is 0 Å². The Morgan fingerprint density at radius 1 is 0.879 bits per heavy atom. The van der Waals surface area contributed by atoms with E-state index in [1.54, 1.807) is 23.1 Å². The Labute approximate surface area is 194 Å². The first-order valence-corrected chi connectivity index (χ1v) is 12.9. The molecule has 1 saturated carbocycles. The molecule has 2 aliphatic heterocycles. The highest BCUT2D eigenvalue weighted by Crippen LogP contribution is 2.33. The summed E-state index contributed by atoms with van der Waals surface area (Å²) >= 11 is 0. The minimum absolute atomic E-state index is 0.0983. The lowest BCUT2D eigenvalue weighted by Gasteiger charge is -2.34. The summed E-state index contributed by atoms with van der Waals surface area (Å²) in [6.07, 6.45) is 4.85. The van der Waals surface area contributed by atoms with Crippen molar-refractivity contribution in [2.45, 2.75) is 36.7 Å². The summed E-state index contributed by atoms with van der Waals surface area (Å²) in [5.41, 5.74) is 0.580. The normalized spacial score (nSPS) is 19.5. The smallest absolute Gasteiger partial charge is 0.253 e. The van der Waals surface area contributed by atoms with E-state index in [0.29, 0.717) is 43.4 Å². The standard InChI is InChI=1S/C24H28N2O6S/c27-24(18-5-7-20(8-6-18)32-19-3-1-2-4-19)25-11-13-26(14-12-25)33(28,29)21-9-10-22-23(17-21)31-16-15-30-22/h5-10,17,19H,1-4,11-16H2. The predicted molar refractivity (Wildman–Crippen MR) is 121 cm³/mol. The maximum absolute atomic E-state index is 13.1. The van der Waals surface area contributed by atoms with Crippen molar-refractivity contribution >= 4 is 15.9 Å². The van der Waals surface area contributed by atoms with Crippen LogP contribution in [0.3, 0.4) is 0 Å². The van der Waals surface area contributed by atoms with Crippen molar-refractivity contribution < 1.29 is 27.4 Å². The molecule has 0 N–H and O–H groups in total. The maximum Gasteiger partial charge on any atom is 0.253 e. The molecule has 0 unspecified atom stereocenters. The highest BCUT2D eigenvalue weighted by atomic mass is 32.2. The van der Waals surface area contributed by atoms with E-state index in [2.05, 4.69) is 0 Å². The number of hydrogen-bond acceptors (Lipinski definition) is 6. The third-order valence-electron chi connectivity index (χ3n) is 6.38. The van der Waals surface area contributed by atoms with Gasteiger partial charge in [-0.15, -0.1) is 0 Å². The molecule has 0 aromatic heterocycles. The highest BCUT2D eigenvalue weighted by molar-refractivity contribution is 7.89. The molecule has 0 radical (unpaired) electrons. The first-order valence-electron chi connectivity index (χ1n) is 11.5. The van der Waals surface area contributed by atoms with Crippen LogP contribution in [0.5, 0.6) is 17.2 Å². The van der Waals surface area contributed by atoms with Crippen LogP contribution in [-0.2, 0) is 10.0 Å². The molecule has 3 aliphatic rings. The van der Waals surface area contributed by atoms with Crippen molar-refractivity contribution in [2.24, 2.45) is 0 Å². The molecule has 176 valence electrons. The Morgan fingerprint density at radius 3 is 2.24 bits per heavy atom. The van der Waals surface area contributed by atoms with Crippen LogP contribution >= 0.6 is 0 Å². The number of amides is 1. The van der Waals surface area contributed by atoms with Crippen molar-refractivity contribution in [1.82, 2.24) is 9.21 Å². The average Bonchev–Trinajstić information content (AvgIpc) is 3.37. The van der Waals surface area contributed by atoms with Gasteiger partial charge in [-0.2, -0.15) is 4.31 Å². The number of ether oxygens (including phenoxy) is 3. The van der Waals surface area contributed by atoms with Crippen LogP contribution in [0.25, 0.3) is 0 Å². The van der Waals surface area contributed by atoms with E-state index in [-0.39, 0.29) is 30.0 Å². The lowest BCUT2D eigenvalue weighted by molar-refractivity contribution is 0.0698. The lowest BCUT2D eigenvalue weighted by atomic mass is 10.1. The van der Waals surface area contributed by atoms with Crippen molar-refractivity contribution in [2.75, 3.05) is 39.4 Å². The van der Waals surface area contributed by atoms with E-state index >= 15 is 0 Å². The zero-order chi connectivity index (χ0) is 22.8. The van der Waals surface area contributed by atoms with E-state index < -0.39 is 10.0 Å². The fourth-order valence-corrected chi connectivity index (χ4v) is 5.96. The first kappa shape index (κ1) is 22.0. The van der Waals surface area contributed by atoms with E-state index in [0.717, 1.165) is 18.6 Å². The largest absolute Gasteiger partial charge is 0.490 e. The minimum atomic E-state index is -3.68. The second-order valence-electron chi connectivity index (χ2n) is 8.55. The zero-order valence-electron chi connectivity index (χ0n) is 18.4. The number of carbonyl (C=O) groups is 1. The van der Waals surface area contributed by atoms with Crippen molar-refractivity contribution in [1.29, 1.82) is 0 Å². The van der Waals surface area contributed by atoms with Gasteiger partial charge in [0.1, 0.15) is 19.0 Å². The van der Waals surface area contributed by atoms with Gasteiger partial charge < -0.3 is 19.1 Å². The van der Waals surface area contributed by atoms with Crippen molar-refractivity contribution in [3.8, 4) is 17.2 Å². The number of fused-ring (bicyclic) bond motifs is 1. The molecule has 0 bridgehead atoms. The fourth-order valence-electron chi connectivity index (χ4n) is 4.52. The topological polar surface area (TPSA) is 85.4 Å². The SMILES string of the molecule is O=C(c1ccc(OC2CCCC2)cc1)N1CCN(S(=O)(=O)c2ccc3c(c2)OCCO3)CC1. The Hall–Kier alpha value is -2.78. The van der Waals surface area contributed by atoms with Gasteiger partial charge in [-0.25, -0.2) is 8.42 Å². The Balaban J connectivity index is 1.20. The molecule has 5 rings (SSSR count). The molecule has 0 spiro atoms. The fraction of sp³-hybridized carbons (Fsp3) is 0.458. The first-order chi connectivity index (χ1) is 16.0. The summed E-state index contributed by atoms with van der Waals surface area (Å²) in [6, 6.07) is 11.9. The molecule has 2 heterocycles. The lowest BCUT2D eigenvalue weighted by Crippen LogP contribution is -2.50. The number of carbonyl (C=O) groups excluding carboxylic acids is 1. The summed E-state index contributed by atoms with van der Waals surface area (Å²) in [6.45, 7) is 2.00. The van der Waals surface area contributed by atoms with Crippen LogP contribution in [0, 0.1) is 0 Å². The maximum atomic E-state index is 13.1. The summed E-state index contributed by atoms with van der Waals surface area (Å²) in [5.74, 6) is 1.68. The van der Waals surface area contributed by atoms with Crippen LogP contribution in [0.2, 0.25) is 0 Å². The van der Waals surface area contributed by atoms with Crippen LogP contribution in [0.4, 0.5) is 0 Å². The number of benzene rings is 2. The Morgan fingerprint density at radius 2 is 1.55 bits per heavy atom. The van der Waals surface area contributed by atoms with Crippen LogP contribution in [-0.4, -0.2) is 69.0 Å². The van der Waals surface area contributed by atoms with E-state index in [4.69, 9.17) is 14.2 Å². The van der Waals surface area contributed by atoms with E-state index in [1.807, 2.05) is 12.1 Å². The molecule has 1 aliphatic carbocycles. The molecule has 0 atom stereocenters. The summed E-state index contributed by atoms with van der Waals surface area (Å²) < 4.78 is 44.6. The zero-order valence-corrected chi connectivity index (χ0v) is 19.3. The number of sulfonamides is 1. The molecule has 2 fully saturated rings. The third kappa shape index (κ3) is 4.65. The van der Waals surface area contributed by atoms with Gasteiger partial charge in [-0.3, -0.25) is 4.79 Å². The number of piperazine rings is 1. The summed E-state index contributed by atoms with van der Waals surface area (Å²) in [7, 11) is -3.68. The van der Waals surface area contributed by atoms with Crippen LogP contribution < -0.4 is 14.2 Å². The van der Waals surface area contributed by atoms with Gasteiger partial charge in [0.25, 0.3) is 5.91 Å². The number of hydrogen-bond donors (Lipinski definition) is 0. The monoisotopic (exact) mass is 472 g/mol. The van der Waals surface area contributed by atoms with Gasteiger partial charge in [0.05, 0.1) is 11.0 Å². The molecular formula is C24H28N2O6S. The van der Waals surface area contributed by atoms with Gasteiger partial charge in [-0.1, -0.05) is 0 Å². The van der Waals surface area contributed by atoms with Crippen LogP contribution in [0.1, 0.15) is 36.0 Å². The minimum Gasteiger partial charge on any atom is -0.490 e. The Bertz CT molecular complexity index is 1100. The summed E-state index contributed by atoms with van der Waals surface area (Å²) in [4.78, 5) is 14.8. The number of rotatable bonds is 5. The molecule has 8 nitrogen and oxygen atoms in total. The Kier molecular flexibility index (Phi) is 6.16. The second kappa shape index (κ2) is 9.23. The molecular weight excluding hydrogens is 444 g/mol. The molecule has 9 heteroatoms. The van der Waals surface area contributed by atoms with Gasteiger partial charge in [0.15, 0.2) is 11.5 Å².